The van der Waals surface area contributed by atoms with Crippen LogP contribution in [0, 0.1) is 5.92 Å². The maximum atomic E-state index is 4.08. The zero-order valence-corrected chi connectivity index (χ0v) is 7.51. The van der Waals surface area contributed by atoms with Crippen molar-refractivity contribution in [3.05, 3.63) is 11.4 Å². The molecule has 0 fully saturated rings. The summed E-state index contributed by atoms with van der Waals surface area (Å²) in [4.78, 5) is 0. The quantitative estimate of drug-likeness (QED) is 0.635. The van der Waals surface area contributed by atoms with Crippen LogP contribution in [-0.4, -0.2) is 15.4 Å². The van der Waals surface area contributed by atoms with E-state index in [4.69, 9.17) is 0 Å². The van der Waals surface area contributed by atoms with Crippen molar-refractivity contribution in [2.75, 3.05) is 0 Å². The van der Waals surface area contributed by atoms with Gasteiger partial charge in [0.2, 0.25) is 0 Å². The van der Waals surface area contributed by atoms with Gasteiger partial charge in [-0.15, -0.1) is 5.10 Å². The highest BCUT2D eigenvalue weighted by atomic mass is 15.3. The Kier molecular flexibility index (Phi) is 2.11. The summed E-state index contributed by atoms with van der Waals surface area (Å²) in [7, 11) is 0. The van der Waals surface area contributed by atoms with Gasteiger partial charge in [-0.25, -0.2) is 0 Å². The number of fused-ring (bicyclic) bond motifs is 1. The van der Waals surface area contributed by atoms with Gasteiger partial charge < -0.3 is 0 Å². The molecule has 1 aromatic rings. The molecule has 1 N–H and O–H groups in total. The van der Waals surface area contributed by atoms with Gasteiger partial charge in [0.25, 0.3) is 0 Å². The summed E-state index contributed by atoms with van der Waals surface area (Å²) in [5.74, 6) is 0.862. The first kappa shape index (κ1) is 7.77. The molecule has 1 heterocycles. The molecule has 1 aliphatic carbocycles. The highest BCUT2D eigenvalue weighted by Crippen LogP contribution is 2.20. The van der Waals surface area contributed by atoms with Gasteiger partial charge in [-0.1, -0.05) is 18.6 Å². The van der Waals surface area contributed by atoms with E-state index in [1.807, 2.05) is 0 Å². The predicted molar refractivity (Wildman–Crippen MR) is 46.8 cm³/mol. The van der Waals surface area contributed by atoms with Crippen LogP contribution >= 0.6 is 0 Å². The number of aromatic nitrogens is 3. The maximum absolute atomic E-state index is 4.08. The normalized spacial score (nSPS) is 24.2. The molecule has 2 rings (SSSR count). The molecule has 0 aromatic carbocycles. The number of H-pyrrole nitrogens is 1. The zero-order chi connectivity index (χ0) is 8.39. The van der Waals surface area contributed by atoms with Crippen LogP contribution in [0.25, 0.3) is 0 Å². The van der Waals surface area contributed by atoms with Gasteiger partial charge >= 0.3 is 0 Å². The molecular formula is C9H15N3. The number of nitrogens with zero attached hydrogens (tertiary/aromatic N) is 2. The summed E-state index contributed by atoms with van der Waals surface area (Å²) < 4.78 is 0. The Morgan fingerprint density at radius 3 is 3.17 bits per heavy atom. The SMILES string of the molecule is CC1CCCc2nn[nH]c2CC1. The minimum Gasteiger partial charge on any atom is -0.262 e. The molecule has 0 spiro atoms. The molecule has 0 aliphatic heterocycles. The number of hydrogen-bond donors (Lipinski definition) is 1. The third-order valence-corrected chi connectivity index (χ3v) is 2.70. The summed E-state index contributed by atoms with van der Waals surface area (Å²) >= 11 is 0. The number of rotatable bonds is 0. The highest BCUT2D eigenvalue weighted by Gasteiger charge is 2.13. The van der Waals surface area contributed by atoms with Gasteiger partial charge in [0.15, 0.2) is 0 Å². The lowest BCUT2D eigenvalue weighted by molar-refractivity contribution is 0.459. The topological polar surface area (TPSA) is 41.6 Å². The summed E-state index contributed by atoms with van der Waals surface area (Å²) in [6.07, 6.45) is 6.11. The van der Waals surface area contributed by atoms with Crippen molar-refractivity contribution < 1.29 is 0 Å². The molecule has 1 aliphatic rings. The number of aromatic amines is 1. The maximum Gasteiger partial charge on any atom is 0.0856 e. The van der Waals surface area contributed by atoms with E-state index < -0.39 is 0 Å². The van der Waals surface area contributed by atoms with Crippen molar-refractivity contribution >= 4 is 0 Å². The molecule has 0 saturated heterocycles. The van der Waals surface area contributed by atoms with E-state index in [1.165, 1.54) is 30.7 Å². The lowest BCUT2D eigenvalue weighted by Crippen LogP contribution is -2.05. The predicted octanol–water partition coefficient (Wildman–Crippen LogP) is 1.71. The number of hydrogen-bond acceptors (Lipinski definition) is 2. The van der Waals surface area contributed by atoms with E-state index in [0.29, 0.717) is 0 Å². The minimum absolute atomic E-state index is 0.862. The second-order valence-electron chi connectivity index (χ2n) is 3.77. The van der Waals surface area contributed by atoms with E-state index in [-0.39, 0.29) is 0 Å². The molecular weight excluding hydrogens is 150 g/mol. The summed E-state index contributed by atoms with van der Waals surface area (Å²) in [5, 5.41) is 10.9. The Labute approximate surface area is 72.6 Å². The lowest BCUT2D eigenvalue weighted by Gasteiger charge is -2.13. The van der Waals surface area contributed by atoms with Crippen molar-refractivity contribution in [2.45, 2.75) is 39.0 Å². The van der Waals surface area contributed by atoms with Crippen LogP contribution < -0.4 is 0 Å². The number of nitrogens with one attached hydrogen (secondary N) is 1. The Bertz CT molecular complexity index is 254. The third kappa shape index (κ3) is 1.49. The van der Waals surface area contributed by atoms with Gasteiger partial charge in [-0.3, -0.25) is 5.10 Å². The minimum atomic E-state index is 0.862. The Hall–Kier alpha value is -0.860. The second-order valence-corrected chi connectivity index (χ2v) is 3.77. The molecule has 3 nitrogen and oxygen atoms in total. The first-order chi connectivity index (χ1) is 5.86. The summed E-state index contributed by atoms with van der Waals surface area (Å²) in [5.41, 5.74) is 2.46. The van der Waals surface area contributed by atoms with E-state index in [2.05, 4.69) is 22.3 Å². The lowest BCUT2D eigenvalue weighted by atomic mass is 9.93. The average molecular weight is 165 g/mol. The Morgan fingerprint density at radius 1 is 1.33 bits per heavy atom. The molecule has 3 heteroatoms. The first-order valence-corrected chi connectivity index (χ1v) is 4.75. The fourth-order valence-electron chi connectivity index (χ4n) is 1.82. The van der Waals surface area contributed by atoms with Gasteiger partial charge in [0.1, 0.15) is 0 Å². The van der Waals surface area contributed by atoms with Crippen LogP contribution in [0.2, 0.25) is 0 Å². The van der Waals surface area contributed by atoms with E-state index in [9.17, 15) is 0 Å². The zero-order valence-electron chi connectivity index (χ0n) is 7.51. The van der Waals surface area contributed by atoms with Crippen molar-refractivity contribution in [1.29, 1.82) is 0 Å². The van der Waals surface area contributed by atoms with Crippen molar-refractivity contribution in [2.24, 2.45) is 5.92 Å². The Balaban J connectivity index is 2.14. The van der Waals surface area contributed by atoms with Crippen LogP contribution in [0.1, 0.15) is 37.6 Å². The van der Waals surface area contributed by atoms with E-state index >= 15 is 0 Å². The molecule has 66 valence electrons. The van der Waals surface area contributed by atoms with Gasteiger partial charge in [0, 0.05) is 0 Å². The number of aryl methyl sites for hydroxylation is 2. The molecule has 12 heavy (non-hydrogen) atoms. The molecule has 1 atom stereocenters. The van der Waals surface area contributed by atoms with Crippen LogP contribution in [0.3, 0.4) is 0 Å². The van der Waals surface area contributed by atoms with Crippen LogP contribution in [0.5, 0.6) is 0 Å². The molecule has 0 bridgehead atoms. The van der Waals surface area contributed by atoms with Gasteiger partial charge in [-0.05, 0) is 31.6 Å². The smallest absolute Gasteiger partial charge is 0.0856 e. The molecule has 1 unspecified atom stereocenters. The fourth-order valence-corrected chi connectivity index (χ4v) is 1.82. The molecule has 1 aromatic heterocycles. The first-order valence-electron chi connectivity index (χ1n) is 4.75. The Morgan fingerprint density at radius 2 is 2.25 bits per heavy atom. The molecule has 0 radical (unpaired) electrons. The molecule has 0 saturated carbocycles. The van der Waals surface area contributed by atoms with E-state index in [0.717, 1.165) is 18.8 Å². The van der Waals surface area contributed by atoms with Gasteiger partial charge in [-0.2, -0.15) is 0 Å². The van der Waals surface area contributed by atoms with Crippen LogP contribution in [-0.2, 0) is 12.8 Å². The monoisotopic (exact) mass is 165 g/mol. The average Bonchev–Trinajstić information content (AvgIpc) is 2.45. The van der Waals surface area contributed by atoms with Crippen molar-refractivity contribution in [1.82, 2.24) is 15.4 Å². The van der Waals surface area contributed by atoms with E-state index in [1.54, 1.807) is 0 Å². The van der Waals surface area contributed by atoms with Crippen molar-refractivity contribution in [3.63, 3.8) is 0 Å². The summed E-state index contributed by atoms with van der Waals surface area (Å²) in [6, 6.07) is 0. The van der Waals surface area contributed by atoms with Gasteiger partial charge in [0.05, 0.1) is 11.4 Å². The third-order valence-electron chi connectivity index (χ3n) is 2.70. The summed E-state index contributed by atoms with van der Waals surface area (Å²) in [6.45, 7) is 2.33. The largest absolute Gasteiger partial charge is 0.262 e. The second kappa shape index (κ2) is 3.25. The fraction of sp³-hybridized carbons (Fsp3) is 0.778. The van der Waals surface area contributed by atoms with Crippen LogP contribution in [0.15, 0.2) is 0 Å². The van der Waals surface area contributed by atoms with Crippen molar-refractivity contribution in [3.8, 4) is 0 Å². The molecule has 0 amide bonds. The standard InChI is InChI=1S/C9H15N3/c1-7-3-2-4-8-9(6-5-7)11-12-10-8/h7H,2-6H2,1H3,(H,10,11,12). The highest BCUT2D eigenvalue weighted by molar-refractivity contribution is 5.09. The van der Waals surface area contributed by atoms with Crippen LogP contribution in [0.4, 0.5) is 0 Å².